The number of nitrogens with zero attached hydrogens (tertiary/aromatic N) is 2. The molecule has 0 fully saturated rings. The summed E-state index contributed by atoms with van der Waals surface area (Å²) < 4.78 is 0. The van der Waals surface area contributed by atoms with Crippen LogP contribution in [-0.4, -0.2) is 34.5 Å². The molecule has 3 N–H and O–H groups in total. The van der Waals surface area contributed by atoms with Crippen LogP contribution in [0.15, 0.2) is 35.4 Å². The number of hydrogen-bond acceptors (Lipinski definition) is 4. The molecule has 0 unspecified atom stereocenters. The van der Waals surface area contributed by atoms with E-state index in [0.29, 0.717) is 6.54 Å². The summed E-state index contributed by atoms with van der Waals surface area (Å²) in [5, 5.41) is 8.13. The van der Waals surface area contributed by atoms with Gasteiger partial charge in [-0.3, -0.25) is 14.4 Å². The van der Waals surface area contributed by atoms with Crippen molar-refractivity contribution >= 4 is 23.4 Å². The van der Waals surface area contributed by atoms with Gasteiger partial charge in [0.2, 0.25) is 11.8 Å². The average molecular weight is 344 g/mol. The predicted molar refractivity (Wildman–Crippen MR) is 94.2 cm³/mol. The number of nitrogens with two attached hydrogens (primary N) is 1. The number of hydrazone groups is 1. The molecule has 2 rings (SSSR count). The second-order valence-electron chi connectivity index (χ2n) is 7.16. The van der Waals surface area contributed by atoms with Crippen molar-refractivity contribution in [2.45, 2.75) is 46.2 Å². The van der Waals surface area contributed by atoms with Gasteiger partial charge in [-0.2, -0.15) is 5.10 Å². The lowest BCUT2D eigenvalue weighted by Crippen LogP contribution is -2.54. The van der Waals surface area contributed by atoms with Crippen LogP contribution < -0.4 is 11.1 Å². The van der Waals surface area contributed by atoms with E-state index in [4.69, 9.17) is 5.73 Å². The van der Waals surface area contributed by atoms with E-state index >= 15 is 0 Å². The number of rotatable bonds is 5. The number of carbonyl (C=O) groups excluding carboxylic acids is 3. The fourth-order valence-electron chi connectivity index (χ4n) is 2.57. The van der Waals surface area contributed by atoms with E-state index < -0.39 is 23.3 Å². The first-order valence-electron chi connectivity index (χ1n) is 8.20. The molecule has 1 aliphatic heterocycles. The van der Waals surface area contributed by atoms with Crippen LogP contribution in [0.3, 0.4) is 0 Å². The van der Waals surface area contributed by atoms with Gasteiger partial charge in [-0.25, -0.2) is 5.01 Å². The van der Waals surface area contributed by atoms with E-state index in [-0.39, 0.29) is 24.5 Å². The molecule has 0 radical (unpaired) electrons. The lowest BCUT2D eigenvalue weighted by Gasteiger charge is -2.30. The summed E-state index contributed by atoms with van der Waals surface area (Å²) in [7, 11) is 0. The number of hydrogen-bond donors (Lipinski definition) is 2. The molecule has 0 aromatic heterocycles. The Morgan fingerprint density at radius 2 is 1.88 bits per heavy atom. The maximum atomic E-state index is 12.5. The van der Waals surface area contributed by atoms with Crippen LogP contribution in [0.2, 0.25) is 0 Å². The Morgan fingerprint density at radius 1 is 1.24 bits per heavy atom. The van der Waals surface area contributed by atoms with Crippen molar-refractivity contribution in [3.05, 3.63) is 35.9 Å². The molecule has 1 atom stereocenters. The minimum absolute atomic E-state index is 0.136. The standard InChI is InChI=1S/C18H24N4O3/c1-18(2,3)15(16(19)24)20-17(25)13-9-10-14(23)22(21-13)11-12-7-5-4-6-8-12/h4-8,15H,9-11H2,1-3H3,(H2,19,24)(H,20,25)/t15-/m0/s1. The average Bonchev–Trinajstić information content (AvgIpc) is 2.54. The molecule has 1 heterocycles. The summed E-state index contributed by atoms with van der Waals surface area (Å²) >= 11 is 0. The highest BCUT2D eigenvalue weighted by Gasteiger charge is 2.33. The van der Waals surface area contributed by atoms with E-state index in [2.05, 4.69) is 10.4 Å². The third-order valence-electron chi connectivity index (χ3n) is 3.97. The summed E-state index contributed by atoms with van der Waals surface area (Å²) in [4.78, 5) is 36.2. The number of nitrogens with one attached hydrogen (secondary N) is 1. The van der Waals surface area contributed by atoms with E-state index in [1.807, 2.05) is 51.1 Å². The van der Waals surface area contributed by atoms with Crippen molar-refractivity contribution < 1.29 is 14.4 Å². The van der Waals surface area contributed by atoms with Crippen LogP contribution in [0, 0.1) is 5.41 Å². The highest BCUT2D eigenvalue weighted by molar-refractivity contribution is 6.39. The second-order valence-corrected chi connectivity index (χ2v) is 7.16. The number of amides is 3. The molecule has 7 nitrogen and oxygen atoms in total. The number of primary amides is 1. The van der Waals surface area contributed by atoms with Crippen molar-refractivity contribution in [1.82, 2.24) is 10.3 Å². The fraction of sp³-hybridized carbons (Fsp3) is 0.444. The SMILES string of the molecule is CC(C)(C)[C@@H](NC(=O)C1=NN(Cc2ccccc2)C(=O)CC1)C(N)=O. The van der Waals surface area contributed by atoms with Gasteiger partial charge >= 0.3 is 0 Å². The Kier molecular flexibility index (Phi) is 5.56. The van der Waals surface area contributed by atoms with Crippen molar-refractivity contribution in [1.29, 1.82) is 0 Å². The van der Waals surface area contributed by atoms with Crippen LogP contribution in [0.1, 0.15) is 39.2 Å². The Labute approximate surface area is 147 Å². The molecule has 25 heavy (non-hydrogen) atoms. The minimum Gasteiger partial charge on any atom is -0.368 e. The topological polar surface area (TPSA) is 105 Å². The van der Waals surface area contributed by atoms with Crippen LogP contribution in [0.25, 0.3) is 0 Å². The van der Waals surface area contributed by atoms with Gasteiger partial charge < -0.3 is 11.1 Å². The first-order valence-corrected chi connectivity index (χ1v) is 8.20. The van der Waals surface area contributed by atoms with Gasteiger partial charge in [0.25, 0.3) is 5.91 Å². The molecule has 0 saturated heterocycles. The summed E-state index contributed by atoms with van der Waals surface area (Å²) in [5.74, 6) is -1.21. The van der Waals surface area contributed by atoms with Crippen molar-refractivity contribution in [2.24, 2.45) is 16.3 Å². The Balaban J connectivity index is 2.14. The predicted octanol–water partition coefficient (Wildman–Crippen LogP) is 1.18. The molecular formula is C18H24N4O3. The van der Waals surface area contributed by atoms with Crippen LogP contribution >= 0.6 is 0 Å². The molecule has 0 aliphatic carbocycles. The zero-order valence-electron chi connectivity index (χ0n) is 14.8. The number of carbonyl (C=O) groups is 3. The van der Waals surface area contributed by atoms with Crippen molar-refractivity contribution in [3.8, 4) is 0 Å². The molecule has 3 amide bonds. The smallest absolute Gasteiger partial charge is 0.268 e. The normalized spacial score (nSPS) is 16.2. The van der Waals surface area contributed by atoms with Gasteiger partial charge in [0.1, 0.15) is 11.8 Å². The molecule has 1 aromatic carbocycles. The molecule has 0 spiro atoms. The minimum atomic E-state index is -0.817. The Hall–Kier alpha value is -2.70. The first kappa shape index (κ1) is 18.6. The molecule has 1 aromatic rings. The zero-order chi connectivity index (χ0) is 18.6. The van der Waals surface area contributed by atoms with Crippen molar-refractivity contribution in [2.75, 3.05) is 0 Å². The van der Waals surface area contributed by atoms with Gasteiger partial charge in [0, 0.05) is 12.8 Å². The van der Waals surface area contributed by atoms with Gasteiger partial charge in [0.05, 0.1) is 6.54 Å². The first-order chi connectivity index (χ1) is 11.7. The highest BCUT2D eigenvalue weighted by Crippen LogP contribution is 2.20. The maximum Gasteiger partial charge on any atom is 0.268 e. The van der Waals surface area contributed by atoms with E-state index in [0.717, 1.165) is 5.56 Å². The third-order valence-corrected chi connectivity index (χ3v) is 3.97. The van der Waals surface area contributed by atoms with Gasteiger partial charge in [-0.05, 0) is 11.0 Å². The summed E-state index contributed by atoms with van der Waals surface area (Å²) in [6.45, 7) is 5.75. The van der Waals surface area contributed by atoms with Crippen LogP contribution in [-0.2, 0) is 20.9 Å². The molecule has 134 valence electrons. The van der Waals surface area contributed by atoms with Crippen LogP contribution in [0.5, 0.6) is 0 Å². The van der Waals surface area contributed by atoms with E-state index in [1.165, 1.54) is 5.01 Å². The third kappa shape index (κ3) is 4.89. The summed E-state index contributed by atoms with van der Waals surface area (Å²) in [6, 6.07) is 8.60. The quantitative estimate of drug-likeness (QED) is 0.838. The monoisotopic (exact) mass is 344 g/mol. The van der Waals surface area contributed by atoms with Gasteiger partial charge in [0.15, 0.2) is 0 Å². The molecular weight excluding hydrogens is 320 g/mol. The largest absolute Gasteiger partial charge is 0.368 e. The van der Waals surface area contributed by atoms with Gasteiger partial charge in [-0.15, -0.1) is 0 Å². The highest BCUT2D eigenvalue weighted by atomic mass is 16.2. The molecule has 0 saturated carbocycles. The maximum absolute atomic E-state index is 12.5. The lowest BCUT2D eigenvalue weighted by atomic mass is 9.86. The zero-order valence-corrected chi connectivity index (χ0v) is 14.8. The summed E-state index contributed by atoms with van der Waals surface area (Å²) in [6.07, 6.45) is 0.446. The molecule has 0 bridgehead atoms. The Bertz CT molecular complexity index is 692. The summed E-state index contributed by atoms with van der Waals surface area (Å²) in [5.41, 5.74) is 6.03. The van der Waals surface area contributed by atoms with E-state index in [9.17, 15) is 14.4 Å². The van der Waals surface area contributed by atoms with Crippen LogP contribution in [0.4, 0.5) is 0 Å². The molecule has 7 heteroatoms. The number of benzene rings is 1. The molecule has 1 aliphatic rings. The second kappa shape index (κ2) is 7.46. The Morgan fingerprint density at radius 3 is 2.44 bits per heavy atom. The lowest BCUT2D eigenvalue weighted by molar-refractivity contribution is -0.132. The van der Waals surface area contributed by atoms with Crippen molar-refractivity contribution in [3.63, 3.8) is 0 Å². The fourth-order valence-corrected chi connectivity index (χ4v) is 2.57. The van der Waals surface area contributed by atoms with E-state index in [1.54, 1.807) is 0 Å². The van der Waals surface area contributed by atoms with Gasteiger partial charge in [-0.1, -0.05) is 51.1 Å².